The van der Waals surface area contributed by atoms with Crippen LogP contribution in [-0.4, -0.2) is 29.2 Å². The molecule has 0 fully saturated rings. The second-order valence-electron chi connectivity index (χ2n) is 4.25. The Morgan fingerprint density at radius 3 is 2.40 bits per heavy atom. The van der Waals surface area contributed by atoms with Crippen LogP contribution in [0.3, 0.4) is 0 Å². The molecule has 1 aromatic carbocycles. The standard InChI is InChI=1S/C13H13F4N3/c1-18-11(13(16,17)12(14)15)9-7-19-20(8-9)10-5-3-2-4-6-10/h2-8,11-12,18H,1H3. The zero-order valence-electron chi connectivity index (χ0n) is 10.6. The first-order valence-corrected chi connectivity index (χ1v) is 5.90. The van der Waals surface area contributed by atoms with Gasteiger partial charge in [0.1, 0.15) is 6.04 Å². The summed E-state index contributed by atoms with van der Waals surface area (Å²) in [7, 11) is 1.21. The molecule has 0 spiro atoms. The number of alkyl halides is 4. The third-order valence-corrected chi connectivity index (χ3v) is 2.92. The number of para-hydroxylation sites is 1. The molecule has 0 amide bonds. The van der Waals surface area contributed by atoms with Crippen LogP contribution in [-0.2, 0) is 0 Å². The van der Waals surface area contributed by atoms with Gasteiger partial charge in [0, 0.05) is 11.8 Å². The lowest BCUT2D eigenvalue weighted by Crippen LogP contribution is -2.41. The summed E-state index contributed by atoms with van der Waals surface area (Å²) >= 11 is 0. The average molecular weight is 287 g/mol. The lowest BCUT2D eigenvalue weighted by atomic mass is 10.0. The third-order valence-electron chi connectivity index (χ3n) is 2.92. The van der Waals surface area contributed by atoms with E-state index in [1.165, 1.54) is 17.9 Å². The van der Waals surface area contributed by atoms with E-state index < -0.39 is 18.4 Å². The van der Waals surface area contributed by atoms with Gasteiger partial charge in [0.25, 0.3) is 0 Å². The van der Waals surface area contributed by atoms with Crippen molar-refractivity contribution < 1.29 is 17.6 Å². The molecule has 0 saturated carbocycles. The van der Waals surface area contributed by atoms with Crippen LogP contribution in [0.1, 0.15) is 11.6 Å². The molecule has 2 rings (SSSR count). The summed E-state index contributed by atoms with van der Waals surface area (Å²) in [6.07, 6.45) is -1.28. The van der Waals surface area contributed by atoms with Crippen LogP contribution in [0.4, 0.5) is 17.6 Å². The van der Waals surface area contributed by atoms with E-state index in [-0.39, 0.29) is 5.56 Å². The molecule has 20 heavy (non-hydrogen) atoms. The highest BCUT2D eigenvalue weighted by Crippen LogP contribution is 2.36. The Kier molecular flexibility index (Phi) is 4.08. The van der Waals surface area contributed by atoms with Gasteiger partial charge >= 0.3 is 12.3 Å². The molecular formula is C13H13F4N3. The van der Waals surface area contributed by atoms with E-state index in [0.717, 1.165) is 6.20 Å². The Bertz CT molecular complexity index is 554. The van der Waals surface area contributed by atoms with Gasteiger partial charge in [0.2, 0.25) is 0 Å². The van der Waals surface area contributed by atoms with Gasteiger partial charge in [-0.2, -0.15) is 13.9 Å². The summed E-state index contributed by atoms with van der Waals surface area (Å²) in [5, 5.41) is 6.15. The number of hydrogen-bond donors (Lipinski definition) is 1. The first kappa shape index (κ1) is 14.5. The number of benzene rings is 1. The van der Waals surface area contributed by atoms with Crippen molar-refractivity contribution in [2.75, 3.05) is 7.05 Å². The summed E-state index contributed by atoms with van der Waals surface area (Å²) in [6.45, 7) is 0. The second-order valence-corrected chi connectivity index (χ2v) is 4.25. The third kappa shape index (κ3) is 2.67. The fraction of sp³-hybridized carbons (Fsp3) is 0.308. The minimum Gasteiger partial charge on any atom is -0.308 e. The minimum absolute atomic E-state index is 0.00153. The summed E-state index contributed by atoms with van der Waals surface area (Å²) in [5.41, 5.74) is 0.663. The highest BCUT2D eigenvalue weighted by atomic mass is 19.3. The molecule has 3 nitrogen and oxygen atoms in total. The van der Waals surface area contributed by atoms with Crippen molar-refractivity contribution >= 4 is 0 Å². The van der Waals surface area contributed by atoms with E-state index in [1.807, 2.05) is 0 Å². The number of aromatic nitrogens is 2. The predicted molar refractivity (Wildman–Crippen MR) is 66.3 cm³/mol. The van der Waals surface area contributed by atoms with Crippen LogP contribution < -0.4 is 5.32 Å². The largest absolute Gasteiger partial charge is 0.326 e. The van der Waals surface area contributed by atoms with Gasteiger partial charge in [0.15, 0.2) is 0 Å². The van der Waals surface area contributed by atoms with E-state index in [9.17, 15) is 17.6 Å². The normalized spacial score (nSPS) is 13.7. The first-order chi connectivity index (χ1) is 9.46. The Balaban J connectivity index is 2.32. The fourth-order valence-corrected chi connectivity index (χ4v) is 1.92. The maximum atomic E-state index is 13.5. The topological polar surface area (TPSA) is 29.9 Å². The number of nitrogens with zero attached hydrogens (tertiary/aromatic N) is 2. The Morgan fingerprint density at radius 2 is 1.85 bits per heavy atom. The first-order valence-electron chi connectivity index (χ1n) is 5.90. The molecule has 1 N–H and O–H groups in total. The van der Waals surface area contributed by atoms with Gasteiger partial charge in [-0.25, -0.2) is 13.5 Å². The van der Waals surface area contributed by atoms with Crippen molar-refractivity contribution in [3.05, 3.63) is 48.3 Å². The molecule has 0 aliphatic heterocycles. The van der Waals surface area contributed by atoms with Crippen LogP contribution in [0.25, 0.3) is 5.69 Å². The van der Waals surface area contributed by atoms with E-state index in [2.05, 4.69) is 10.4 Å². The number of rotatable bonds is 5. The van der Waals surface area contributed by atoms with Crippen molar-refractivity contribution in [2.45, 2.75) is 18.4 Å². The molecule has 0 aliphatic carbocycles. The van der Waals surface area contributed by atoms with E-state index in [4.69, 9.17) is 0 Å². The van der Waals surface area contributed by atoms with Crippen molar-refractivity contribution in [3.63, 3.8) is 0 Å². The molecule has 1 heterocycles. The van der Waals surface area contributed by atoms with Crippen LogP contribution in [0, 0.1) is 0 Å². The molecule has 108 valence electrons. The summed E-state index contributed by atoms with van der Waals surface area (Å²) in [6, 6.07) is 7.00. The fourth-order valence-electron chi connectivity index (χ4n) is 1.92. The number of nitrogens with one attached hydrogen (secondary N) is 1. The Labute approximate surface area is 113 Å². The summed E-state index contributed by atoms with van der Waals surface area (Å²) < 4.78 is 53.2. The monoisotopic (exact) mass is 287 g/mol. The smallest absolute Gasteiger partial charge is 0.308 e. The van der Waals surface area contributed by atoms with E-state index in [1.54, 1.807) is 30.3 Å². The maximum absolute atomic E-state index is 13.5. The zero-order valence-corrected chi connectivity index (χ0v) is 10.6. The minimum atomic E-state index is -4.17. The van der Waals surface area contributed by atoms with Crippen molar-refractivity contribution in [3.8, 4) is 5.69 Å². The maximum Gasteiger partial charge on any atom is 0.326 e. The second kappa shape index (κ2) is 5.62. The van der Waals surface area contributed by atoms with Gasteiger partial charge in [-0.05, 0) is 19.2 Å². The van der Waals surface area contributed by atoms with Crippen molar-refractivity contribution in [2.24, 2.45) is 0 Å². The van der Waals surface area contributed by atoms with Gasteiger partial charge < -0.3 is 5.32 Å². The number of hydrogen-bond acceptors (Lipinski definition) is 2. The molecule has 1 atom stereocenters. The highest BCUT2D eigenvalue weighted by molar-refractivity contribution is 5.31. The Hall–Kier alpha value is -1.89. The summed E-state index contributed by atoms with van der Waals surface area (Å²) in [5.74, 6) is -4.17. The molecule has 7 heteroatoms. The molecular weight excluding hydrogens is 274 g/mol. The number of halogens is 4. The molecule has 1 aromatic heterocycles. The van der Waals surface area contributed by atoms with E-state index >= 15 is 0 Å². The molecule has 0 radical (unpaired) electrons. The molecule has 0 aliphatic rings. The van der Waals surface area contributed by atoms with Gasteiger partial charge in [-0.15, -0.1) is 0 Å². The van der Waals surface area contributed by atoms with Gasteiger partial charge in [-0.1, -0.05) is 18.2 Å². The SMILES string of the molecule is CNC(c1cnn(-c2ccccc2)c1)C(F)(F)C(F)F. The van der Waals surface area contributed by atoms with E-state index in [0.29, 0.717) is 5.69 Å². The lowest BCUT2D eigenvalue weighted by Gasteiger charge is -2.24. The van der Waals surface area contributed by atoms with Gasteiger partial charge in [-0.3, -0.25) is 0 Å². The van der Waals surface area contributed by atoms with Crippen LogP contribution in [0.15, 0.2) is 42.7 Å². The van der Waals surface area contributed by atoms with Crippen LogP contribution in [0.5, 0.6) is 0 Å². The Morgan fingerprint density at radius 1 is 1.20 bits per heavy atom. The molecule has 0 bridgehead atoms. The molecule has 0 saturated heterocycles. The lowest BCUT2D eigenvalue weighted by molar-refractivity contribution is -0.150. The van der Waals surface area contributed by atoms with Gasteiger partial charge in [0.05, 0.1) is 11.9 Å². The zero-order chi connectivity index (χ0) is 14.8. The van der Waals surface area contributed by atoms with Crippen LogP contribution >= 0.6 is 0 Å². The highest BCUT2D eigenvalue weighted by Gasteiger charge is 2.49. The predicted octanol–water partition coefficient (Wildman–Crippen LogP) is 3.03. The average Bonchev–Trinajstić information content (AvgIpc) is 2.89. The molecule has 2 aromatic rings. The molecule has 1 unspecified atom stereocenters. The summed E-state index contributed by atoms with van der Waals surface area (Å²) in [4.78, 5) is 0. The van der Waals surface area contributed by atoms with Crippen LogP contribution in [0.2, 0.25) is 0 Å². The van der Waals surface area contributed by atoms with Crippen molar-refractivity contribution in [1.82, 2.24) is 15.1 Å². The van der Waals surface area contributed by atoms with Crippen molar-refractivity contribution in [1.29, 1.82) is 0 Å². The quantitative estimate of drug-likeness (QED) is 0.857.